The average molecular weight is 292 g/mol. The van der Waals surface area contributed by atoms with E-state index < -0.39 is 5.82 Å². The first-order valence-corrected chi connectivity index (χ1v) is 5.38. The number of hydrogen-bond acceptors (Lipinski definition) is 2. The molecule has 15 heavy (non-hydrogen) atoms. The minimum absolute atomic E-state index is 0.0862. The molecular weight excluding hydrogens is 286 g/mol. The summed E-state index contributed by atoms with van der Waals surface area (Å²) < 4.78 is 13.4. The van der Waals surface area contributed by atoms with Crippen LogP contribution in [0.2, 0.25) is 0 Å². The van der Waals surface area contributed by atoms with Crippen LogP contribution >= 0.6 is 27.5 Å². The zero-order chi connectivity index (χ0) is 11.0. The lowest BCUT2D eigenvalue weighted by Gasteiger charge is -2.01. The second-order valence-corrected chi connectivity index (χ2v) is 4.05. The fourth-order valence-corrected chi connectivity index (χ4v) is 1.72. The minimum Gasteiger partial charge on any atom is -0.309 e. The number of halogens is 3. The van der Waals surface area contributed by atoms with Gasteiger partial charge in [0, 0.05) is 6.07 Å². The standard InChI is InChI=1S/C9H5BrClFN2O/c10-5-1-4-7(2-6(5)12)13-8(3-11)14-9(4)15/h1-2H,3H2,(H,13,14,15). The number of fused-ring (bicyclic) bond motifs is 1. The minimum atomic E-state index is -0.457. The van der Waals surface area contributed by atoms with Crippen LogP contribution in [0.3, 0.4) is 0 Å². The van der Waals surface area contributed by atoms with Crippen molar-refractivity contribution >= 4 is 38.4 Å². The molecule has 0 saturated heterocycles. The maximum Gasteiger partial charge on any atom is 0.258 e. The maximum atomic E-state index is 13.2. The van der Waals surface area contributed by atoms with Crippen molar-refractivity contribution in [1.82, 2.24) is 9.97 Å². The highest BCUT2D eigenvalue weighted by atomic mass is 79.9. The lowest BCUT2D eigenvalue weighted by molar-refractivity contribution is 0.622. The molecule has 78 valence electrons. The number of H-pyrrole nitrogens is 1. The highest BCUT2D eigenvalue weighted by molar-refractivity contribution is 9.10. The van der Waals surface area contributed by atoms with Crippen LogP contribution in [0.1, 0.15) is 5.82 Å². The smallest absolute Gasteiger partial charge is 0.258 e. The number of aromatic amines is 1. The number of benzene rings is 1. The molecule has 1 N–H and O–H groups in total. The Morgan fingerprint density at radius 3 is 2.93 bits per heavy atom. The predicted octanol–water partition coefficient (Wildman–Crippen LogP) is 2.56. The molecule has 0 bridgehead atoms. The van der Waals surface area contributed by atoms with Gasteiger partial charge in [0.1, 0.15) is 11.6 Å². The van der Waals surface area contributed by atoms with Crippen molar-refractivity contribution in [3.8, 4) is 0 Å². The highest BCUT2D eigenvalue weighted by Crippen LogP contribution is 2.19. The van der Waals surface area contributed by atoms with Crippen molar-refractivity contribution in [2.24, 2.45) is 0 Å². The van der Waals surface area contributed by atoms with Crippen molar-refractivity contribution < 1.29 is 4.39 Å². The number of hydrogen-bond donors (Lipinski definition) is 1. The Morgan fingerprint density at radius 2 is 2.27 bits per heavy atom. The van der Waals surface area contributed by atoms with Crippen molar-refractivity contribution in [3.63, 3.8) is 0 Å². The fraction of sp³-hybridized carbons (Fsp3) is 0.111. The largest absolute Gasteiger partial charge is 0.309 e. The Bertz CT molecular complexity index is 584. The molecule has 0 spiro atoms. The van der Waals surface area contributed by atoms with Crippen LogP contribution in [0.5, 0.6) is 0 Å². The Balaban J connectivity index is 2.86. The molecule has 6 heteroatoms. The summed E-state index contributed by atoms with van der Waals surface area (Å²) in [6.45, 7) is 0. The summed E-state index contributed by atoms with van der Waals surface area (Å²) in [5.41, 5.74) is -0.0218. The average Bonchev–Trinajstić information content (AvgIpc) is 2.21. The van der Waals surface area contributed by atoms with Gasteiger partial charge < -0.3 is 4.98 Å². The van der Waals surface area contributed by atoms with Gasteiger partial charge in [-0.2, -0.15) is 0 Å². The van der Waals surface area contributed by atoms with Crippen LogP contribution in [0, 0.1) is 5.82 Å². The van der Waals surface area contributed by atoms with Gasteiger partial charge in [0.25, 0.3) is 5.56 Å². The summed E-state index contributed by atoms with van der Waals surface area (Å²) >= 11 is 8.54. The fourth-order valence-electron chi connectivity index (χ4n) is 1.25. The number of nitrogens with one attached hydrogen (secondary N) is 1. The molecule has 0 unspecified atom stereocenters. The molecule has 0 fully saturated rings. The second-order valence-electron chi connectivity index (χ2n) is 2.93. The first kappa shape index (κ1) is 10.6. The summed E-state index contributed by atoms with van der Waals surface area (Å²) in [6, 6.07) is 2.60. The van der Waals surface area contributed by atoms with E-state index in [1.54, 1.807) is 0 Å². The Morgan fingerprint density at radius 1 is 1.53 bits per heavy atom. The van der Waals surface area contributed by atoms with Gasteiger partial charge in [-0.05, 0) is 22.0 Å². The van der Waals surface area contributed by atoms with E-state index in [-0.39, 0.29) is 15.9 Å². The summed E-state index contributed by atoms with van der Waals surface area (Å²) in [5.74, 6) is -0.0416. The summed E-state index contributed by atoms with van der Waals surface area (Å²) in [4.78, 5) is 18.0. The summed E-state index contributed by atoms with van der Waals surface area (Å²) in [6.07, 6.45) is 0. The van der Waals surface area contributed by atoms with E-state index in [0.29, 0.717) is 16.7 Å². The molecule has 1 heterocycles. The van der Waals surface area contributed by atoms with E-state index in [9.17, 15) is 9.18 Å². The van der Waals surface area contributed by atoms with Gasteiger partial charge in [0.05, 0.1) is 21.3 Å². The Labute approximate surface area is 97.4 Å². The van der Waals surface area contributed by atoms with E-state index in [1.165, 1.54) is 12.1 Å². The van der Waals surface area contributed by atoms with Crippen LogP contribution < -0.4 is 5.56 Å². The van der Waals surface area contributed by atoms with E-state index >= 15 is 0 Å². The molecule has 2 aromatic rings. The van der Waals surface area contributed by atoms with Gasteiger partial charge in [-0.15, -0.1) is 11.6 Å². The van der Waals surface area contributed by atoms with Gasteiger partial charge >= 0.3 is 0 Å². The predicted molar refractivity (Wildman–Crippen MR) is 59.6 cm³/mol. The molecule has 0 aliphatic rings. The van der Waals surface area contributed by atoms with Crippen LogP contribution in [0.25, 0.3) is 10.9 Å². The van der Waals surface area contributed by atoms with Gasteiger partial charge in [-0.1, -0.05) is 0 Å². The van der Waals surface area contributed by atoms with Crippen molar-refractivity contribution in [2.45, 2.75) is 5.88 Å². The third-order valence-electron chi connectivity index (χ3n) is 1.92. The van der Waals surface area contributed by atoms with E-state index in [4.69, 9.17) is 11.6 Å². The van der Waals surface area contributed by atoms with E-state index in [2.05, 4.69) is 25.9 Å². The van der Waals surface area contributed by atoms with Crippen molar-refractivity contribution in [2.75, 3.05) is 0 Å². The van der Waals surface area contributed by atoms with E-state index in [0.717, 1.165) is 0 Å². The third-order valence-corrected chi connectivity index (χ3v) is 2.78. The van der Waals surface area contributed by atoms with Gasteiger partial charge in [0.15, 0.2) is 0 Å². The molecule has 0 amide bonds. The Kier molecular flexibility index (Phi) is 2.75. The van der Waals surface area contributed by atoms with Gasteiger partial charge in [-0.25, -0.2) is 9.37 Å². The molecule has 0 radical (unpaired) electrons. The van der Waals surface area contributed by atoms with E-state index in [1.807, 2.05) is 0 Å². The number of alkyl halides is 1. The highest BCUT2D eigenvalue weighted by Gasteiger charge is 2.07. The topological polar surface area (TPSA) is 45.8 Å². The number of rotatable bonds is 1. The molecule has 0 aliphatic heterocycles. The zero-order valence-electron chi connectivity index (χ0n) is 7.35. The molecule has 0 aliphatic carbocycles. The monoisotopic (exact) mass is 290 g/mol. The van der Waals surface area contributed by atoms with Crippen molar-refractivity contribution in [1.29, 1.82) is 0 Å². The van der Waals surface area contributed by atoms with Crippen LogP contribution in [0.15, 0.2) is 21.4 Å². The summed E-state index contributed by atoms with van der Waals surface area (Å²) in [7, 11) is 0. The molecule has 1 aromatic heterocycles. The van der Waals surface area contributed by atoms with Crippen LogP contribution in [0.4, 0.5) is 4.39 Å². The SMILES string of the molecule is O=c1[nH]c(CCl)nc2cc(F)c(Br)cc12. The maximum absolute atomic E-state index is 13.2. The van der Waals surface area contributed by atoms with Gasteiger partial charge in [-0.3, -0.25) is 4.79 Å². The zero-order valence-corrected chi connectivity index (χ0v) is 9.69. The lowest BCUT2D eigenvalue weighted by Crippen LogP contribution is -2.11. The molecule has 3 nitrogen and oxygen atoms in total. The van der Waals surface area contributed by atoms with Crippen LogP contribution in [-0.2, 0) is 5.88 Å². The molecule has 2 rings (SSSR count). The number of aromatic nitrogens is 2. The first-order valence-electron chi connectivity index (χ1n) is 4.05. The molecular formula is C9H5BrClFN2O. The molecule has 1 aromatic carbocycles. The normalized spacial score (nSPS) is 10.9. The van der Waals surface area contributed by atoms with Crippen molar-refractivity contribution in [3.05, 3.63) is 38.6 Å². The third kappa shape index (κ3) is 1.89. The first-order chi connectivity index (χ1) is 7.11. The molecule has 0 saturated carbocycles. The Hall–Kier alpha value is -0.940. The lowest BCUT2D eigenvalue weighted by atomic mass is 10.2. The summed E-state index contributed by atoms with van der Waals surface area (Å²) in [5, 5.41) is 0.331. The molecule has 0 atom stereocenters. The quantitative estimate of drug-likeness (QED) is 0.821. The number of nitrogens with zero attached hydrogens (tertiary/aromatic N) is 1. The second kappa shape index (κ2) is 3.90. The van der Waals surface area contributed by atoms with Gasteiger partial charge in [0.2, 0.25) is 0 Å². The van der Waals surface area contributed by atoms with Crippen LogP contribution in [-0.4, -0.2) is 9.97 Å².